The maximum Gasteiger partial charge on any atom is 0.320 e. The average Bonchev–Trinajstić information content (AvgIpc) is 2.81. The molecule has 0 spiro atoms. The molecular formula is C27H48N3O7P. The number of anilines is 1. The minimum atomic E-state index is -4.74. The number of hydrogen-bond acceptors (Lipinski definition) is 7. The van der Waals surface area contributed by atoms with E-state index in [0.29, 0.717) is 17.4 Å². The molecule has 1 N–H and O–H groups in total. The Balaban J connectivity index is 2.44. The first-order valence-electron chi connectivity index (χ1n) is 14.0. The number of likely N-dealkylation sites (N-methyl/N-ethyl adjacent to an activating group) is 1. The van der Waals surface area contributed by atoms with Crippen LogP contribution in [0.25, 0.3) is 0 Å². The van der Waals surface area contributed by atoms with E-state index >= 15 is 0 Å². The van der Waals surface area contributed by atoms with E-state index in [9.17, 15) is 24.4 Å². The molecule has 0 saturated heterocycles. The number of carbonyl (C=O) groups excluding carboxylic acids is 1. The number of carbonyl (C=O) groups is 1. The van der Waals surface area contributed by atoms with E-state index in [4.69, 9.17) is 9.05 Å². The number of hydrogen-bond donors (Lipinski definition) is 1. The Bertz CT molecular complexity index is 890. The Labute approximate surface area is 228 Å². The third kappa shape index (κ3) is 16.8. The Morgan fingerprint density at radius 3 is 1.97 bits per heavy atom. The third-order valence-electron chi connectivity index (χ3n) is 6.18. The number of quaternary nitrogens is 1. The number of non-ortho nitro benzene ring substituents is 1. The molecule has 1 atom stereocenters. The molecule has 11 heteroatoms. The number of rotatable bonds is 22. The summed E-state index contributed by atoms with van der Waals surface area (Å²) >= 11 is 0. The van der Waals surface area contributed by atoms with Crippen LogP contribution in [-0.2, 0) is 13.9 Å². The van der Waals surface area contributed by atoms with Crippen LogP contribution in [0.15, 0.2) is 18.2 Å². The summed E-state index contributed by atoms with van der Waals surface area (Å²) in [6, 6.07) is 3.35. The van der Waals surface area contributed by atoms with Crippen molar-refractivity contribution >= 4 is 25.1 Å². The molecular weight excluding hydrogens is 509 g/mol. The van der Waals surface area contributed by atoms with Crippen molar-refractivity contribution in [2.75, 3.05) is 39.6 Å². The number of nitro benzene ring substituents is 1. The van der Waals surface area contributed by atoms with Gasteiger partial charge in [-0.2, -0.15) is 0 Å². The van der Waals surface area contributed by atoms with Crippen LogP contribution in [0, 0.1) is 10.1 Å². The lowest BCUT2D eigenvalue weighted by Crippen LogP contribution is -2.37. The number of benzene rings is 1. The number of nitrogens with zero attached hydrogens (tertiary/aromatic N) is 2. The van der Waals surface area contributed by atoms with E-state index in [1.807, 2.05) is 21.1 Å². The second-order valence-corrected chi connectivity index (χ2v) is 12.2. The highest BCUT2D eigenvalue weighted by Crippen LogP contribution is 2.43. The van der Waals surface area contributed by atoms with Crippen molar-refractivity contribution in [3.8, 4) is 5.75 Å². The molecule has 218 valence electrons. The van der Waals surface area contributed by atoms with Crippen LogP contribution in [0.3, 0.4) is 0 Å². The van der Waals surface area contributed by atoms with Gasteiger partial charge >= 0.3 is 7.82 Å². The number of phosphoric acid groups is 1. The monoisotopic (exact) mass is 557 g/mol. The van der Waals surface area contributed by atoms with Gasteiger partial charge in [0.05, 0.1) is 31.8 Å². The molecule has 0 aliphatic carbocycles. The van der Waals surface area contributed by atoms with Gasteiger partial charge in [-0.3, -0.25) is 19.5 Å². The molecule has 0 bridgehead atoms. The van der Waals surface area contributed by atoms with Gasteiger partial charge in [-0.25, -0.2) is 0 Å². The summed E-state index contributed by atoms with van der Waals surface area (Å²) in [4.78, 5) is 35.3. The van der Waals surface area contributed by atoms with Gasteiger partial charge in [-0.15, -0.1) is 0 Å². The van der Waals surface area contributed by atoms with E-state index in [-0.39, 0.29) is 36.1 Å². The van der Waals surface area contributed by atoms with Crippen LogP contribution in [0.2, 0.25) is 0 Å². The van der Waals surface area contributed by atoms with Gasteiger partial charge in [-0.05, 0) is 12.5 Å². The topological polar surface area (TPSA) is 131 Å². The van der Waals surface area contributed by atoms with Gasteiger partial charge in [-0.1, -0.05) is 84.0 Å². The predicted octanol–water partition coefficient (Wildman–Crippen LogP) is 6.58. The van der Waals surface area contributed by atoms with Crippen LogP contribution < -0.4 is 14.7 Å². The van der Waals surface area contributed by atoms with Crippen LogP contribution in [-0.4, -0.2) is 49.6 Å². The number of unbranched alkanes of at least 4 members (excludes halogenated alkanes) is 12. The van der Waals surface area contributed by atoms with Crippen LogP contribution in [0.5, 0.6) is 5.75 Å². The van der Waals surface area contributed by atoms with Gasteiger partial charge < -0.3 is 23.7 Å². The number of amides is 1. The van der Waals surface area contributed by atoms with E-state index in [2.05, 4.69) is 12.2 Å². The van der Waals surface area contributed by atoms with Crippen molar-refractivity contribution in [2.45, 2.75) is 96.8 Å². The molecule has 1 aromatic carbocycles. The summed E-state index contributed by atoms with van der Waals surface area (Å²) in [5.41, 5.74) is -0.370. The molecule has 0 aliphatic rings. The second-order valence-electron chi connectivity index (χ2n) is 10.9. The highest BCUT2D eigenvalue weighted by Gasteiger charge is 2.20. The first-order chi connectivity index (χ1) is 17.9. The third-order valence-corrected chi connectivity index (χ3v) is 7.10. The Hall–Kier alpha value is -2.00. The minimum Gasteiger partial charge on any atom is -0.746 e. The Morgan fingerprint density at radius 1 is 0.947 bits per heavy atom. The van der Waals surface area contributed by atoms with Crippen molar-refractivity contribution in [2.24, 2.45) is 0 Å². The fourth-order valence-corrected chi connectivity index (χ4v) is 4.66. The molecule has 0 aromatic heterocycles. The normalized spacial score (nSPS) is 13.2. The molecule has 0 aliphatic heterocycles. The molecule has 0 saturated carbocycles. The summed E-state index contributed by atoms with van der Waals surface area (Å²) in [5, 5.41) is 13.8. The van der Waals surface area contributed by atoms with Crippen molar-refractivity contribution in [1.82, 2.24) is 0 Å². The van der Waals surface area contributed by atoms with E-state index in [1.54, 1.807) is 0 Å². The minimum absolute atomic E-state index is 0.0785. The summed E-state index contributed by atoms with van der Waals surface area (Å²) in [7, 11) is 0.928. The SMILES string of the molecule is CCCCCCCCCCCCCCCC(=O)Nc1cc([N+](=O)[O-])ccc1OP(=O)([O-])OCC[N+](C)(C)C. The van der Waals surface area contributed by atoms with E-state index in [1.165, 1.54) is 57.8 Å². The molecule has 1 aromatic rings. The highest BCUT2D eigenvalue weighted by molar-refractivity contribution is 7.46. The second kappa shape index (κ2) is 18.3. The zero-order valence-corrected chi connectivity index (χ0v) is 24.6. The molecule has 0 radical (unpaired) electrons. The quantitative estimate of drug-likeness (QED) is 0.0560. The van der Waals surface area contributed by atoms with Crippen molar-refractivity contribution < 1.29 is 32.7 Å². The maximum absolute atomic E-state index is 12.5. The van der Waals surface area contributed by atoms with Crippen LogP contribution >= 0.6 is 7.82 Å². The van der Waals surface area contributed by atoms with Crippen LogP contribution in [0.4, 0.5) is 11.4 Å². The molecule has 10 nitrogen and oxygen atoms in total. The summed E-state index contributed by atoms with van der Waals surface area (Å²) < 4.78 is 22.7. The highest BCUT2D eigenvalue weighted by atomic mass is 31.2. The smallest absolute Gasteiger partial charge is 0.320 e. The van der Waals surface area contributed by atoms with E-state index in [0.717, 1.165) is 37.5 Å². The van der Waals surface area contributed by atoms with Crippen molar-refractivity contribution in [3.05, 3.63) is 28.3 Å². The number of nitro groups is 1. The lowest BCUT2D eigenvalue weighted by Gasteiger charge is -2.27. The predicted molar refractivity (Wildman–Crippen MR) is 149 cm³/mol. The fourth-order valence-electron chi connectivity index (χ4n) is 3.90. The zero-order valence-electron chi connectivity index (χ0n) is 23.7. The summed E-state index contributed by atoms with van der Waals surface area (Å²) in [6.07, 6.45) is 15.8. The molecule has 1 unspecified atom stereocenters. The van der Waals surface area contributed by atoms with Crippen molar-refractivity contribution in [1.29, 1.82) is 0 Å². The molecule has 0 fully saturated rings. The standard InChI is InChI=1S/C27H48N3O7P/c1-5-6-7-8-9-10-11-12-13-14-15-16-17-18-27(31)28-25-23-24(29(32)33)19-20-26(25)37-38(34,35)36-22-21-30(2,3)4/h19-20,23H,5-18,21-22H2,1-4H3,(H-,28,31,34,35). The van der Waals surface area contributed by atoms with Gasteiger partial charge in [0.2, 0.25) is 5.91 Å². The average molecular weight is 558 g/mol. The molecule has 0 heterocycles. The number of phosphoric ester groups is 1. The molecule has 38 heavy (non-hydrogen) atoms. The lowest BCUT2D eigenvalue weighted by atomic mass is 10.0. The molecule has 1 amide bonds. The van der Waals surface area contributed by atoms with Gasteiger partial charge in [0.1, 0.15) is 13.2 Å². The Kier molecular flexibility index (Phi) is 16.4. The first-order valence-corrected chi connectivity index (χ1v) is 15.4. The summed E-state index contributed by atoms with van der Waals surface area (Å²) in [6.45, 7) is 2.58. The maximum atomic E-state index is 12.5. The van der Waals surface area contributed by atoms with E-state index < -0.39 is 12.7 Å². The first kappa shape index (κ1) is 34.0. The van der Waals surface area contributed by atoms with Gasteiger partial charge in [0.25, 0.3) is 5.69 Å². The molecule has 1 rings (SSSR count). The largest absolute Gasteiger partial charge is 0.746 e. The Morgan fingerprint density at radius 2 is 1.47 bits per heavy atom. The van der Waals surface area contributed by atoms with Crippen LogP contribution in [0.1, 0.15) is 96.8 Å². The zero-order chi connectivity index (χ0) is 28.4. The fraction of sp³-hybridized carbons (Fsp3) is 0.741. The number of nitrogens with one attached hydrogen (secondary N) is 1. The van der Waals surface area contributed by atoms with Crippen molar-refractivity contribution in [3.63, 3.8) is 0 Å². The van der Waals surface area contributed by atoms with Gasteiger partial charge in [0.15, 0.2) is 5.75 Å². The summed E-state index contributed by atoms with van der Waals surface area (Å²) in [5.74, 6) is -0.581. The lowest BCUT2D eigenvalue weighted by molar-refractivity contribution is -0.870. The van der Waals surface area contributed by atoms with Gasteiger partial charge in [0, 0.05) is 18.6 Å².